The molecule has 1 fully saturated rings. The van der Waals surface area contributed by atoms with Gasteiger partial charge in [0.15, 0.2) is 0 Å². The molecular weight excluding hydrogens is 295 g/mol. The van der Waals surface area contributed by atoms with E-state index in [4.69, 9.17) is 9.31 Å². The van der Waals surface area contributed by atoms with E-state index in [0.29, 0.717) is 5.75 Å². The number of aromatic nitrogens is 2. The van der Waals surface area contributed by atoms with E-state index < -0.39 is 0 Å². The maximum atomic E-state index is 6.10. The quantitative estimate of drug-likeness (QED) is 0.673. The van der Waals surface area contributed by atoms with Crippen molar-refractivity contribution in [2.45, 2.75) is 38.9 Å². The van der Waals surface area contributed by atoms with Gasteiger partial charge in [-0.25, -0.2) is 4.98 Å². The Bertz CT molecular complexity index is 708. The van der Waals surface area contributed by atoms with Crippen LogP contribution in [0.5, 0.6) is 0 Å². The summed E-state index contributed by atoms with van der Waals surface area (Å²) < 4.78 is 12.2. The van der Waals surface area contributed by atoms with Crippen molar-refractivity contribution in [3.05, 3.63) is 35.6 Å². The first-order valence-corrected chi connectivity index (χ1v) is 8.06. The summed E-state index contributed by atoms with van der Waals surface area (Å²) in [5.41, 5.74) is 3.39. The number of thiol groups is 1. The van der Waals surface area contributed by atoms with Gasteiger partial charge >= 0.3 is 7.12 Å². The molecule has 0 radical (unpaired) electrons. The van der Waals surface area contributed by atoms with Gasteiger partial charge in [-0.1, -0.05) is 12.1 Å². The van der Waals surface area contributed by atoms with E-state index in [0.717, 1.165) is 22.1 Å². The molecule has 1 N–H and O–H groups in total. The van der Waals surface area contributed by atoms with Crippen molar-refractivity contribution in [2.24, 2.45) is 0 Å². The SMILES string of the molecule is CC1(C)OB(C(=Cc2ccc3nc[nH]c3c2)CS)OC1(C)C. The first kappa shape index (κ1) is 15.7. The lowest BCUT2D eigenvalue weighted by atomic mass is 9.78. The Kier molecular flexibility index (Phi) is 3.87. The average Bonchev–Trinajstić information content (AvgIpc) is 2.98. The highest BCUT2D eigenvalue weighted by atomic mass is 32.1. The standard InChI is InChI=1S/C16H21BN2O2S/c1-15(2)16(3,4)21-17(20-15)12(9-22)7-11-5-6-13-14(8-11)19-10-18-13/h5-8,10,22H,9H2,1-4H3,(H,18,19). The molecule has 2 heterocycles. The fraction of sp³-hybridized carbons (Fsp3) is 0.438. The van der Waals surface area contributed by atoms with Gasteiger partial charge in [-0.3, -0.25) is 0 Å². The predicted molar refractivity (Wildman–Crippen MR) is 94.0 cm³/mol. The van der Waals surface area contributed by atoms with Crippen LogP contribution >= 0.6 is 12.6 Å². The Morgan fingerprint density at radius 2 is 1.95 bits per heavy atom. The fourth-order valence-electron chi connectivity index (χ4n) is 2.44. The third-order valence-corrected chi connectivity index (χ3v) is 4.90. The molecule has 0 aliphatic carbocycles. The van der Waals surface area contributed by atoms with Crippen LogP contribution in [0.1, 0.15) is 33.3 Å². The Balaban J connectivity index is 1.90. The highest BCUT2D eigenvalue weighted by Gasteiger charge is 2.52. The number of hydrogen-bond acceptors (Lipinski definition) is 4. The molecule has 6 heteroatoms. The van der Waals surface area contributed by atoms with Crippen LogP contribution in [0.2, 0.25) is 0 Å². The number of rotatable bonds is 3. The zero-order valence-electron chi connectivity index (χ0n) is 13.4. The van der Waals surface area contributed by atoms with Crippen molar-refractivity contribution in [3.8, 4) is 0 Å². The minimum Gasteiger partial charge on any atom is -0.400 e. The number of nitrogens with one attached hydrogen (secondary N) is 1. The molecule has 0 atom stereocenters. The van der Waals surface area contributed by atoms with Crippen molar-refractivity contribution >= 4 is 36.9 Å². The fourth-order valence-corrected chi connectivity index (χ4v) is 2.68. The van der Waals surface area contributed by atoms with Crippen molar-refractivity contribution in [2.75, 3.05) is 5.75 Å². The third kappa shape index (κ3) is 2.71. The normalized spacial score (nSPS) is 20.8. The summed E-state index contributed by atoms with van der Waals surface area (Å²) in [6, 6.07) is 6.10. The molecule has 1 aliphatic rings. The molecule has 0 bridgehead atoms. The second-order valence-electron chi connectivity index (χ2n) is 6.64. The van der Waals surface area contributed by atoms with Crippen LogP contribution in [0.25, 0.3) is 17.1 Å². The highest BCUT2D eigenvalue weighted by Crippen LogP contribution is 2.39. The van der Waals surface area contributed by atoms with Gasteiger partial charge in [-0.2, -0.15) is 12.6 Å². The van der Waals surface area contributed by atoms with Crippen molar-refractivity contribution < 1.29 is 9.31 Å². The van der Waals surface area contributed by atoms with E-state index in [1.54, 1.807) is 6.33 Å². The molecule has 22 heavy (non-hydrogen) atoms. The van der Waals surface area contributed by atoms with E-state index in [1.165, 1.54) is 0 Å². The number of aromatic amines is 1. The van der Waals surface area contributed by atoms with Gasteiger partial charge in [0.2, 0.25) is 0 Å². The van der Waals surface area contributed by atoms with Crippen LogP contribution in [-0.4, -0.2) is 34.0 Å². The van der Waals surface area contributed by atoms with E-state index in [9.17, 15) is 0 Å². The lowest BCUT2D eigenvalue weighted by Crippen LogP contribution is -2.41. The minimum absolute atomic E-state index is 0.340. The summed E-state index contributed by atoms with van der Waals surface area (Å²) >= 11 is 4.45. The number of imidazole rings is 1. The molecule has 1 aromatic carbocycles. The monoisotopic (exact) mass is 316 g/mol. The van der Waals surface area contributed by atoms with Gasteiger partial charge in [0.05, 0.1) is 28.6 Å². The van der Waals surface area contributed by atoms with Crippen molar-refractivity contribution in [3.63, 3.8) is 0 Å². The van der Waals surface area contributed by atoms with E-state index in [2.05, 4.69) is 62.4 Å². The lowest BCUT2D eigenvalue weighted by Gasteiger charge is -2.32. The van der Waals surface area contributed by atoms with Gasteiger partial charge < -0.3 is 14.3 Å². The molecule has 0 amide bonds. The molecule has 116 valence electrons. The molecule has 1 saturated heterocycles. The summed E-state index contributed by atoms with van der Waals surface area (Å²) in [4.78, 5) is 7.36. The van der Waals surface area contributed by atoms with Crippen LogP contribution in [0.15, 0.2) is 30.0 Å². The Labute approximate surface area is 136 Å². The lowest BCUT2D eigenvalue weighted by molar-refractivity contribution is 0.00578. The molecule has 0 spiro atoms. The van der Waals surface area contributed by atoms with Crippen LogP contribution in [0, 0.1) is 0 Å². The van der Waals surface area contributed by atoms with Crippen molar-refractivity contribution in [1.29, 1.82) is 0 Å². The average molecular weight is 316 g/mol. The summed E-state index contributed by atoms with van der Waals surface area (Å²) in [7, 11) is -0.361. The number of nitrogens with zero attached hydrogens (tertiary/aromatic N) is 1. The summed E-state index contributed by atoms with van der Waals surface area (Å²) in [5, 5.41) is 0. The van der Waals surface area contributed by atoms with Crippen LogP contribution < -0.4 is 0 Å². The second kappa shape index (κ2) is 5.44. The Morgan fingerprint density at radius 1 is 1.27 bits per heavy atom. The zero-order chi connectivity index (χ0) is 16.0. The number of H-pyrrole nitrogens is 1. The molecule has 3 rings (SSSR count). The van der Waals surface area contributed by atoms with Crippen LogP contribution in [0.3, 0.4) is 0 Å². The third-order valence-electron chi connectivity index (χ3n) is 4.53. The minimum atomic E-state index is -0.361. The van der Waals surface area contributed by atoms with E-state index in [-0.39, 0.29) is 18.3 Å². The zero-order valence-corrected chi connectivity index (χ0v) is 14.3. The molecule has 0 saturated carbocycles. The Hall–Kier alpha value is -1.24. The Morgan fingerprint density at radius 3 is 2.59 bits per heavy atom. The maximum Gasteiger partial charge on any atom is 0.491 e. The predicted octanol–water partition coefficient (Wildman–Crippen LogP) is 3.51. The van der Waals surface area contributed by atoms with Gasteiger partial charge in [0, 0.05) is 5.75 Å². The number of fused-ring (bicyclic) bond motifs is 1. The van der Waals surface area contributed by atoms with E-state index in [1.807, 2.05) is 12.1 Å². The van der Waals surface area contributed by atoms with Crippen LogP contribution in [0.4, 0.5) is 0 Å². The summed E-state index contributed by atoms with van der Waals surface area (Å²) in [6.45, 7) is 8.22. The van der Waals surface area contributed by atoms with Gasteiger partial charge in [-0.05, 0) is 50.9 Å². The largest absolute Gasteiger partial charge is 0.491 e. The van der Waals surface area contributed by atoms with Gasteiger partial charge in [0.25, 0.3) is 0 Å². The van der Waals surface area contributed by atoms with Gasteiger partial charge in [0.1, 0.15) is 0 Å². The first-order chi connectivity index (χ1) is 10.3. The first-order valence-electron chi connectivity index (χ1n) is 7.42. The molecule has 0 unspecified atom stereocenters. The van der Waals surface area contributed by atoms with Gasteiger partial charge in [-0.15, -0.1) is 0 Å². The summed E-state index contributed by atoms with van der Waals surface area (Å²) in [6.07, 6.45) is 3.78. The molecule has 1 aromatic heterocycles. The molecule has 1 aliphatic heterocycles. The molecule has 4 nitrogen and oxygen atoms in total. The number of benzene rings is 1. The highest BCUT2D eigenvalue weighted by molar-refractivity contribution is 7.80. The van der Waals surface area contributed by atoms with Crippen LogP contribution in [-0.2, 0) is 9.31 Å². The van der Waals surface area contributed by atoms with Crippen molar-refractivity contribution in [1.82, 2.24) is 9.97 Å². The topological polar surface area (TPSA) is 47.1 Å². The number of hydrogen-bond donors (Lipinski definition) is 2. The van der Waals surface area contributed by atoms with E-state index >= 15 is 0 Å². The summed E-state index contributed by atoms with van der Waals surface area (Å²) in [5.74, 6) is 0.581. The smallest absolute Gasteiger partial charge is 0.400 e. The second-order valence-corrected chi connectivity index (χ2v) is 6.96. The molecule has 2 aromatic rings. The maximum absolute atomic E-state index is 6.10. The molecular formula is C16H21BN2O2S.